The molecule has 114 valence electrons. The number of amides is 1. The van der Waals surface area contributed by atoms with Gasteiger partial charge in [-0.1, -0.05) is 25.5 Å². The molecule has 1 spiro atoms. The number of para-hydroxylation sites is 1. The van der Waals surface area contributed by atoms with Gasteiger partial charge in [0, 0.05) is 25.9 Å². The van der Waals surface area contributed by atoms with Gasteiger partial charge in [-0.3, -0.25) is 4.79 Å². The molecule has 1 amide bonds. The van der Waals surface area contributed by atoms with Gasteiger partial charge in [0.15, 0.2) is 0 Å². The van der Waals surface area contributed by atoms with E-state index in [0.29, 0.717) is 0 Å². The Balaban J connectivity index is 1.74. The van der Waals surface area contributed by atoms with Gasteiger partial charge in [-0.05, 0) is 31.5 Å². The first-order chi connectivity index (χ1) is 10.1. The fourth-order valence-electron chi connectivity index (χ4n) is 3.37. The molecule has 0 aromatic heterocycles. The fraction of sp³-hybridized carbons (Fsp3) is 0.588. The van der Waals surface area contributed by atoms with Gasteiger partial charge in [-0.2, -0.15) is 0 Å². The second-order valence-corrected chi connectivity index (χ2v) is 6.35. The SMILES string of the molecule is CCCCN1CCC2(CC1)NC(=O)c1cccc(C)c1N2. The predicted octanol–water partition coefficient (Wildman–Crippen LogP) is 2.74. The van der Waals surface area contributed by atoms with E-state index in [2.05, 4.69) is 35.4 Å². The smallest absolute Gasteiger partial charge is 0.255 e. The van der Waals surface area contributed by atoms with Crippen LogP contribution in [0, 0.1) is 6.92 Å². The van der Waals surface area contributed by atoms with Crippen LogP contribution in [0.1, 0.15) is 48.5 Å². The summed E-state index contributed by atoms with van der Waals surface area (Å²) >= 11 is 0. The summed E-state index contributed by atoms with van der Waals surface area (Å²) in [6.45, 7) is 7.57. The van der Waals surface area contributed by atoms with Crippen molar-refractivity contribution in [3.8, 4) is 0 Å². The predicted molar refractivity (Wildman–Crippen MR) is 85.6 cm³/mol. The number of nitrogens with one attached hydrogen (secondary N) is 2. The number of anilines is 1. The lowest BCUT2D eigenvalue weighted by molar-refractivity contribution is 0.0827. The number of rotatable bonds is 3. The molecule has 2 heterocycles. The van der Waals surface area contributed by atoms with Crippen molar-refractivity contribution in [2.45, 2.75) is 45.2 Å². The molecule has 0 radical (unpaired) electrons. The van der Waals surface area contributed by atoms with E-state index in [9.17, 15) is 4.79 Å². The van der Waals surface area contributed by atoms with Crippen LogP contribution in [0.2, 0.25) is 0 Å². The molecule has 0 bridgehead atoms. The van der Waals surface area contributed by atoms with Crippen molar-refractivity contribution in [1.82, 2.24) is 10.2 Å². The van der Waals surface area contributed by atoms with Gasteiger partial charge in [-0.15, -0.1) is 0 Å². The van der Waals surface area contributed by atoms with Crippen LogP contribution in [0.5, 0.6) is 0 Å². The van der Waals surface area contributed by atoms with Crippen LogP contribution < -0.4 is 10.6 Å². The Kier molecular flexibility index (Phi) is 3.89. The van der Waals surface area contributed by atoms with Crippen LogP contribution in [0.4, 0.5) is 5.69 Å². The Labute approximate surface area is 126 Å². The van der Waals surface area contributed by atoms with Gasteiger partial charge in [0.25, 0.3) is 5.91 Å². The zero-order valence-corrected chi connectivity index (χ0v) is 13.0. The van der Waals surface area contributed by atoms with E-state index < -0.39 is 0 Å². The van der Waals surface area contributed by atoms with Crippen molar-refractivity contribution >= 4 is 11.6 Å². The van der Waals surface area contributed by atoms with Crippen molar-refractivity contribution in [3.05, 3.63) is 29.3 Å². The van der Waals surface area contributed by atoms with Crippen LogP contribution in [0.25, 0.3) is 0 Å². The normalized spacial score (nSPS) is 20.8. The van der Waals surface area contributed by atoms with Crippen molar-refractivity contribution in [2.24, 2.45) is 0 Å². The number of piperidine rings is 1. The zero-order chi connectivity index (χ0) is 14.9. The lowest BCUT2D eigenvalue weighted by atomic mass is 9.91. The van der Waals surface area contributed by atoms with E-state index in [1.165, 1.54) is 19.4 Å². The number of carbonyl (C=O) groups is 1. The molecule has 1 fully saturated rings. The molecule has 3 rings (SSSR count). The summed E-state index contributed by atoms with van der Waals surface area (Å²) in [5, 5.41) is 6.84. The van der Waals surface area contributed by atoms with Crippen LogP contribution >= 0.6 is 0 Å². The molecular formula is C17H25N3O. The quantitative estimate of drug-likeness (QED) is 0.898. The highest BCUT2D eigenvalue weighted by Crippen LogP contribution is 2.33. The van der Waals surface area contributed by atoms with Crippen LogP contribution in [0.15, 0.2) is 18.2 Å². The molecule has 2 N–H and O–H groups in total. The number of aryl methyl sites for hydroxylation is 1. The monoisotopic (exact) mass is 287 g/mol. The average Bonchev–Trinajstić information content (AvgIpc) is 2.48. The topological polar surface area (TPSA) is 44.4 Å². The first kappa shape index (κ1) is 14.4. The molecule has 0 saturated carbocycles. The molecule has 4 heteroatoms. The summed E-state index contributed by atoms with van der Waals surface area (Å²) in [5.74, 6) is 0.0643. The summed E-state index contributed by atoms with van der Waals surface area (Å²) in [7, 11) is 0. The number of fused-ring (bicyclic) bond motifs is 1. The number of nitrogens with zero attached hydrogens (tertiary/aromatic N) is 1. The van der Waals surface area contributed by atoms with E-state index in [1.54, 1.807) is 0 Å². The van der Waals surface area contributed by atoms with Crippen LogP contribution in [0.3, 0.4) is 0 Å². The minimum absolute atomic E-state index is 0.0643. The number of carbonyl (C=O) groups excluding carboxylic acids is 1. The molecule has 0 unspecified atom stereocenters. The molecule has 0 atom stereocenters. The van der Waals surface area contributed by atoms with Gasteiger partial charge >= 0.3 is 0 Å². The Morgan fingerprint density at radius 1 is 1.24 bits per heavy atom. The number of likely N-dealkylation sites (tertiary alicyclic amines) is 1. The summed E-state index contributed by atoms with van der Waals surface area (Å²) in [5.41, 5.74) is 2.69. The Bertz CT molecular complexity index is 533. The van der Waals surface area contributed by atoms with Crippen LogP contribution in [-0.4, -0.2) is 36.1 Å². The molecular weight excluding hydrogens is 262 g/mol. The van der Waals surface area contributed by atoms with E-state index in [0.717, 1.165) is 42.7 Å². The maximum atomic E-state index is 12.4. The zero-order valence-electron chi connectivity index (χ0n) is 13.0. The van der Waals surface area contributed by atoms with Crippen molar-refractivity contribution in [2.75, 3.05) is 25.0 Å². The second kappa shape index (κ2) is 5.68. The highest BCUT2D eigenvalue weighted by atomic mass is 16.2. The lowest BCUT2D eigenvalue weighted by Gasteiger charge is -2.46. The molecule has 21 heavy (non-hydrogen) atoms. The largest absolute Gasteiger partial charge is 0.362 e. The number of hydrogen-bond donors (Lipinski definition) is 2. The van der Waals surface area contributed by atoms with E-state index in [4.69, 9.17) is 0 Å². The second-order valence-electron chi connectivity index (χ2n) is 6.35. The summed E-state index contributed by atoms with van der Waals surface area (Å²) in [6, 6.07) is 5.91. The van der Waals surface area contributed by atoms with Gasteiger partial charge in [0.2, 0.25) is 0 Å². The summed E-state index contributed by atoms with van der Waals surface area (Å²) < 4.78 is 0. The van der Waals surface area contributed by atoms with E-state index in [1.807, 2.05) is 12.1 Å². The van der Waals surface area contributed by atoms with Crippen molar-refractivity contribution in [1.29, 1.82) is 0 Å². The van der Waals surface area contributed by atoms with Crippen molar-refractivity contribution < 1.29 is 4.79 Å². The Hall–Kier alpha value is -1.55. The third-order valence-electron chi connectivity index (χ3n) is 4.77. The molecule has 2 aliphatic rings. The summed E-state index contributed by atoms with van der Waals surface area (Å²) in [4.78, 5) is 14.9. The minimum atomic E-state index is -0.251. The molecule has 1 aromatic rings. The highest BCUT2D eigenvalue weighted by Gasteiger charge is 2.40. The molecule has 1 aromatic carbocycles. The van der Waals surface area contributed by atoms with Gasteiger partial charge in [-0.25, -0.2) is 0 Å². The fourth-order valence-corrected chi connectivity index (χ4v) is 3.37. The average molecular weight is 287 g/mol. The van der Waals surface area contributed by atoms with Gasteiger partial charge in [0.1, 0.15) is 5.66 Å². The molecule has 4 nitrogen and oxygen atoms in total. The van der Waals surface area contributed by atoms with Crippen LogP contribution in [-0.2, 0) is 0 Å². The Morgan fingerprint density at radius 2 is 2.00 bits per heavy atom. The standard InChI is InChI=1S/C17H25N3O/c1-3-4-10-20-11-8-17(9-12-20)18-15-13(2)6-5-7-14(15)16(21)19-17/h5-7,18H,3-4,8-12H2,1-2H3,(H,19,21). The van der Waals surface area contributed by atoms with E-state index in [-0.39, 0.29) is 11.6 Å². The number of benzene rings is 1. The first-order valence-corrected chi connectivity index (χ1v) is 8.06. The third kappa shape index (κ3) is 2.77. The van der Waals surface area contributed by atoms with Gasteiger partial charge in [0.05, 0.1) is 11.3 Å². The maximum absolute atomic E-state index is 12.4. The lowest BCUT2D eigenvalue weighted by Crippen LogP contribution is -2.62. The molecule has 2 aliphatic heterocycles. The Morgan fingerprint density at radius 3 is 2.71 bits per heavy atom. The summed E-state index contributed by atoms with van der Waals surface area (Å²) in [6.07, 6.45) is 4.43. The van der Waals surface area contributed by atoms with Crippen molar-refractivity contribution in [3.63, 3.8) is 0 Å². The highest BCUT2D eigenvalue weighted by molar-refractivity contribution is 6.02. The molecule has 0 aliphatic carbocycles. The number of hydrogen-bond acceptors (Lipinski definition) is 3. The first-order valence-electron chi connectivity index (χ1n) is 8.06. The minimum Gasteiger partial charge on any atom is -0.362 e. The maximum Gasteiger partial charge on any atom is 0.255 e. The molecule has 1 saturated heterocycles. The third-order valence-corrected chi connectivity index (χ3v) is 4.77. The van der Waals surface area contributed by atoms with E-state index >= 15 is 0 Å². The number of unbranched alkanes of at least 4 members (excludes halogenated alkanes) is 1. The van der Waals surface area contributed by atoms with Gasteiger partial charge < -0.3 is 15.5 Å².